The zero-order valence-electron chi connectivity index (χ0n) is 11.4. The predicted molar refractivity (Wildman–Crippen MR) is 85.1 cm³/mol. The molecule has 0 aromatic heterocycles. The Labute approximate surface area is 130 Å². The molecule has 4 nitrogen and oxygen atoms in total. The highest BCUT2D eigenvalue weighted by Gasteiger charge is 2.05. The first-order chi connectivity index (χ1) is 9.97. The molecule has 2 aromatic rings. The Morgan fingerprint density at radius 1 is 1.29 bits per heavy atom. The van der Waals surface area contributed by atoms with Gasteiger partial charge in [-0.25, -0.2) is 4.39 Å². The molecule has 0 unspecified atom stereocenters. The molecular weight excluding hydrogens is 337 g/mol. The molecule has 21 heavy (non-hydrogen) atoms. The van der Waals surface area contributed by atoms with Crippen molar-refractivity contribution in [1.82, 2.24) is 0 Å². The second kappa shape index (κ2) is 6.58. The SMILES string of the molecule is Cc1cc(Br)cc(NCc2cc(F)cc(/C(N)=N/O)c2)c1. The molecule has 0 bridgehead atoms. The minimum atomic E-state index is -0.429. The third-order valence-corrected chi connectivity index (χ3v) is 3.36. The lowest BCUT2D eigenvalue weighted by Crippen LogP contribution is -2.14. The van der Waals surface area contributed by atoms with E-state index in [1.54, 1.807) is 6.07 Å². The lowest BCUT2D eigenvalue weighted by Gasteiger charge is -2.10. The van der Waals surface area contributed by atoms with Crippen LogP contribution in [-0.4, -0.2) is 11.0 Å². The number of nitrogens with two attached hydrogens (primary N) is 1. The molecule has 0 spiro atoms. The van der Waals surface area contributed by atoms with Gasteiger partial charge in [-0.1, -0.05) is 21.1 Å². The van der Waals surface area contributed by atoms with Crippen molar-refractivity contribution in [2.75, 3.05) is 5.32 Å². The maximum atomic E-state index is 13.6. The fraction of sp³-hybridized carbons (Fsp3) is 0.133. The van der Waals surface area contributed by atoms with Crippen LogP contribution in [0.25, 0.3) is 0 Å². The Morgan fingerprint density at radius 2 is 2.05 bits per heavy atom. The monoisotopic (exact) mass is 351 g/mol. The molecule has 2 rings (SSSR count). The highest BCUT2D eigenvalue weighted by atomic mass is 79.9. The van der Waals surface area contributed by atoms with E-state index in [-0.39, 0.29) is 5.84 Å². The van der Waals surface area contributed by atoms with Gasteiger partial charge in [0.1, 0.15) is 5.82 Å². The van der Waals surface area contributed by atoms with E-state index in [2.05, 4.69) is 26.4 Å². The Kier molecular flexibility index (Phi) is 4.80. The second-order valence-corrected chi connectivity index (χ2v) is 5.62. The lowest BCUT2D eigenvalue weighted by atomic mass is 10.1. The Bertz CT molecular complexity index is 668. The molecule has 0 saturated carbocycles. The summed E-state index contributed by atoms with van der Waals surface area (Å²) in [5, 5.41) is 14.8. The molecule has 0 aliphatic carbocycles. The van der Waals surface area contributed by atoms with E-state index >= 15 is 0 Å². The van der Waals surface area contributed by atoms with Gasteiger partial charge in [-0.05, 0) is 54.4 Å². The van der Waals surface area contributed by atoms with E-state index in [9.17, 15) is 4.39 Å². The quantitative estimate of drug-likeness (QED) is 0.341. The number of benzene rings is 2. The zero-order chi connectivity index (χ0) is 15.4. The number of aryl methyl sites for hydroxylation is 1. The summed E-state index contributed by atoms with van der Waals surface area (Å²) in [5.41, 5.74) is 8.58. The smallest absolute Gasteiger partial charge is 0.170 e. The molecule has 110 valence electrons. The van der Waals surface area contributed by atoms with E-state index in [1.807, 2.05) is 25.1 Å². The summed E-state index contributed by atoms with van der Waals surface area (Å²) in [7, 11) is 0. The van der Waals surface area contributed by atoms with Crippen LogP contribution in [-0.2, 0) is 6.54 Å². The third kappa shape index (κ3) is 4.19. The number of rotatable bonds is 4. The molecule has 0 heterocycles. The van der Waals surface area contributed by atoms with Crippen LogP contribution < -0.4 is 11.1 Å². The summed E-state index contributed by atoms with van der Waals surface area (Å²) >= 11 is 3.43. The first-order valence-corrected chi connectivity index (χ1v) is 7.05. The Hall–Kier alpha value is -2.08. The number of hydrogen-bond donors (Lipinski definition) is 3. The number of nitrogens with zero attached hydrogens (tertiary/aromatic N) is 1. The molecule has 0 aliphatic heterocycles. The number of anilines is 1. The third-order valence-electron chi connectivity index (χ3n) is 2.90. The standard InChI is InChI=1S/C15H15BrFN3O/c1-9-2-12(16)7-14(3-9)19-8-10-4-11(15(18)20-21)6-13(17)5-10/h2-7,19,21H,8H2,1H3,(H2,18,20). The molecule has 0 saturated heterocycles. The van der Waals surface area contributed by atoms with E-state index in [4.69, 9.17) is 10.9 Å². The van der Waals surface area contributed by atoms with Crippen molar-refractivity contribution in [3.05, 3.63) is 63.4 Å². The highest BCUT2D eigenvalue weighted by Crippen LogP contribution is 2.20. The van der Waals surface area contributed by atoms with Crippen molar-refractivity contribution in [3.8, 4) is 0 Å². The van der Waals surface area contributed by atoms with Crippen molar-refractivity contribution in [3.63, 3.8) is 0 Å². The maximum absolute atomic E-state index is 13.6. The minimum Gasteiger partial charge on any atom is -0.409 e. The van der Waals surface area contributed by atoms with Crippen LogP contribution in [0, 0.1) is 12.7 Å². The average molecular weight is 352 g/mol. The van der Waals surface area contributed by atoms with Gasteiger partial charge in [-0.3, -0.25) is 0 Å². The topological polar surface area (TPSA) is 70.6 Å². The van der Waals surface area contributed by atoms with Gasteiger partial charge >= 0.3 is 0 Å². The number of hydrogen-bond acceptors (Lipinski definition) is 3. The molecular formula is C15H15BrFN3O. The molecule has 0 fully saturated rings. The molecule has 0 radical (unpaired) electrons. The lowest BCUT2D eigenvalue weighted by molar-refractivity contribution is 0.318. The minimum absolute atomic E-state index is 0.117. The van der Waals surface area contributed by atoms with E-state index < -0.39 is 5.82 Å². The first-order valence-electron chi connectivity index (χ1n) is 6.26. The van der Waals surface area contributed by atoms with Crippen LogP contribution in [0.5, 0.6) is 0 Å². The summed E-state index contributed by atoms with van der Waals surface area (Å²) < 4.78 is 14.5. The Morgan fingerprint density at radius 3 is 2.71 bits per heavy atom. The van der Waals surface area contributed by atoms with Crippen molar-refractivity contribution >= 4 is 27.5 Å². The van der Waals surface area contributed by atoms with Gasteiger partial charge in [0.15, 0.2) is 5.84 Å². The molecule has 0 aliphatic rings. The predicted octanol–water partition coefficient (Wildman–Crippen LogP) is 3.60. The van der Waals surface area contributed by atoms with Gasteiger partial charge in [0.05, 0.1) is 0 Å². The first kappa shape index (κ1) is 15.3. The van der Waals surface area contributed by atoms with Crippen LogP contribution >= 0.6 is 15.9 Å². The molecule has 4 N–H and O–H groups in total. The van der Waals surface area contributed by atoms with E-state index in [0.717, 1.165) is 15.7 Å². The molecule has 2 aromatic carbocycles. The van der Waals surface area contributed by atoms with Crippen molar-refractivity contribution in [2.24, 2.45) is 10.9 Å². The summed E-state index contributed by atoms with van der Waals surface area (Å²) in [6.07, 6.45) is 0. The van der Waals surface area contributed by atoms with Crippen molar-refractivity contribution in [1.29, 1.82) is 0 Å². The van der Waals surface area contributed by atoms with Gasteiger partial charge in [0, 0.05) is 22.3 Å². The number of amidine groups is 1. The molecule has 0 amide bonds. The summed E-state index contributed by atoms with van der Waals surface area (Å²) in [6.45, 7) is 2.42. The molecule has 0 atom stereocenters. The van der Waals surface area contributed by atoms with Crippen LogP contribution in [0.2, 0.25) is 0 Å². The fourth-order valence-corrected chi connectivity index (χ4v) is 2.61. The number of halogens is 2. The summed E-state index contributed by atoms with van der Waals surface area (Å²) in [4.78, 5) is 0. The second-order valence-electron chi connectivity index (χ2n) is 4.70. The average Bonchev–Trinajstić information content (AvgIpc) is 2.42. The highest BCUT2D eigenvalue weighted by molar-refractivity contribution is 9.10. The maximum Gasteiger partial charge on any atom is 0.170 e. The fourth-order valence-electron chi connectivity index (χ4n) is 2.00. The largest absolute Gasteiger partial charge is 0.409 e. The van der Waals surface area contributed by atoms with Gasteiger partial charge in [0.25, 0.3) is 0 Å². The van der Waals surface area contributed by atoms with Crippen molar-refractivity contribution < 1.29 is 9.60 Å². The Balaban J connectivity index is 2.18. The normalized spacial score (nSPS) is 11.5. The zero-order valence-corrected chi connectivity index (χ0v) is 13.0. The summed E-state index contributed by atoms with van der Waals surface area (Å²) in [5.74, 6) is -0.546. The summed E-state index contributed by atoms with van der Waals surface area (Å²) in [6, 6.07) is 10.2. The van der Waals surface area contributed by atoms with E-state index in [1.165, 1.54) is 12.1 Å². The van der Waals surface area contributed by atoms with Crippen LogP contribution in [0.1, 0.15) is 16.7 Å². The van der Waals surface area contributed by atoms with Crippen LogP contribution in [0.4, 0.5) is 10.1 Å². The molecule has 6 heteroatoms. The van der Waals surface area contributed by atoms with Crippen molar-refractivity contribution in [2.45, 2.75) is 13.5 Å². The number of oxime groups is 1. The van der Waals surface area contributed by atoms with Gasteiger partial charge in [-0.15, -0.1) is 0 Å². The van der Waals surface area contributed by atoms with Gasteiger partial charge in [-0.2, -0.15) is 0 Å². The van der Waals surface area contributed by atoms with Gasteiger partial charge in [0.2, 0.25) is 0 Å². The number of nitrogens with one attached hydrogen (secondary N) is 1. The van der Waals surface area contributed by atoms with E-state index in [0.29, 0.717) is 17.7 Å². The van der Waals surface area contributed by atoms with Crippen LogP contribution in [0.3, 0.4) is 0 Å². The van der Waals surface area contributed by atoms with Crippen LogP contribution in [0.15, 0.2) is 46.0 Å². The van der Waals surface area contributed by atoms with Gasteiger partial charge < -0.3 is 16.3 Å².